The van der Waals surface area contributed by atoms with Crippen LogP contribution in [0.4, 0.5) is 0 Å². The van der Waals surface area contributed by atoms with Gasteiger partial charge in [-0.05, 0) is 37.8 Å². The first-order chi connectivity index (χ1) is 8.60. The number of carbonyl (C=O) groups excluding carboxylic acids is 1. The Bertz CT molecular complexity index is 293. The number of nitrogens with two attached hydrogens (primary N) is 1. The predicted octanol–water partition coefficient (Wildman–Crippen LogP) is 0.914. The van der Waals surface area contributed by atoms with Gasteiger partial charge in [0.05, 0.1) is 0 Å². The molecule has 2 aliphatic heterocycles. The monoisotopic (exact) mass is 253 g/mol. The summed E-state index contributed by atoms with van der Waals surface area (Å²) >= 11 is 0. The molecule has 2 unspecified atom stereocenters. The van der Waals surface area contributed by atoms with E-state index in [-0.39, 0.29) is 0 Å². The molecule has 2 N–H and O–H groups in total. The van der Waals surface area contributed by atoms with Gasteiger partial charge in [-0.3, -0.25) is 4.79 Å². The number of nitrogens with zero attached hydrogens (tertiary/aromatic N) is 2. The Balaban J connectivity index is 1.90. The lowest BCUT2D eigenvalue weighted by molar-refractivity contribution is -0.130. The van der Waals surface area contributed by atoms with Gasteiger partial charge in [-0.2, -0.15) is 0 Å². The molecule has 0 spiro atoms. The second-order valence-electron chi connectivity index (χ2n) is 6.30. The summed E-state index contributed by atoms with van der Waals surface area (Å²) in [6, 6.07) is 0.432. The maximum absolute atomic E-state index is 12.0. The van der Waals surface area contributed by atoms with E-state index in [1.165, 1.54) is 13.0 Å². The van der Waals surface area contributed by atoms with Crippen molar-refractivity contribution < 1.29 is 4.79 Å². The molecule has 104 valence electrons. The highest BCUT2D eigenvalue weighted by atomic mass is 16.2. The van der Waals surface area contributed by atoms with Crippen LogP contribution in [0.3, 0.4) is 0 Å². The normalized spacial score (nSPS) is 30.4. The van der Waals surface area contributed by atoms with Crippen molar-refractivity contribution in [3.63, 3.8) is 0 Å². The van der Waals surface area contributed by atoms with Gasteiger partial charge in [0, 0.05) is 32.1 Å². The minimum absolute atomic E-state index is 0.321. The Labute approximate surface area is 110 Å². The highest BCUT2D eigenvalue weighted by Crippen LogP contribution is 2.24. The van der Waals surface area contributed by atoms with E-state index in [4.69, 9.17) is 5.73 Å². The highest BCUT2D eigenvalue weighted by molar-refractivity contribution is 5.79. The minimum Gasteiger partial charge on any atom is -0.338 e. The third-order valence-electron chi connectivity index (χ3n) is 4.12. The fourth-order valence-electron chi connectivity index (χ4n) is 3.29. The molecule has 0 saturated carbocycles. The lowest BCUT2D eigenvalue weighted by Crippen LogP contribution is -2.49. The van der Waals surface area contributed by atoms with Gasteiger partial charge in [-0.1, -0.05) is 13.8 Å². The summed E-state index contributed by atoms with van der Waals surface area (Å²) in [7, 11) is 0. The summed E-state index contributed by atoms with van der Waals surface area (Å²) in [6.45, 7) is 9.45. The van der Waals surface area contributed by atoms with Crippen molar-refractivity contribution in [1.82, 2.24) is 9.80 Å². The highest BCUT2D eigenvalue weighted by Gasteiger charge is 2.35. The molecule has 0 aliphatic carbocycles. The molecule has 0 aromatic heterocycles. The predicted molar refractivity (Wildman–Crippen MR) is 73.2 cm³/mol. The molecular formula is C14H27N3O. The average molecular weight is 253 g/mol. The molecule has 18 heavy (non-hydrogen) atoms. The molecule has 2 fully saturated rings. The number of likely N-dealkylation sites (tertiary alicyclic amines) is 2. The quantitative estimate of drug-likeness (QED) is 0.810. The molecule has 4 heteroatoms. The van der Waals surface area contributed by atoms with Crippen molar-refractivity contribution >= 4 is 5.91 Å². The van der Waals surface area contributed by atoms with Gasteiger partial charge in [0.25, 0.3) is 0 Å². The summed E-state index contributed by atoms with van der Waals surface area (Å²) < 4.78 is 0. The molecule has 0 bridgehead atoms. The van der Waals surface area contributed by atoms with Crippen molar-refractivity contribution in [1.29, 1.82) is 0 Å². The fourth-order valence-corrected chi connectivity index (χ4v) is 3.29. The van der Waals surface area contributed by atoms with Gasteiger partial charge in [0.2, 0.25) is 5.91 Å². The van der Waals surface area contributed by atoms with Gasteiger partial charge in [-0.15, -0.1) is 0 Å². The summed E-state index contributed by atoms with van der Waals surface area (Å²) in [5.74, 6) is 1.41. The van der Waals surface area contributed by atoms with E-state index in [9.17, 15) is 4.79 Å². The van der Waals surface area contributed by atoms with E-state index < -0.39 is 0 Å². The topological polar surface area (TPSA) is 49.6 Å². The van der Waals surface area contributed by atoms with Crippen molar-refractivity contribution in [2.45, 2.75) is 39.2 Å². The second-order valence-corrected chi connectivity index (χ2v) is 6.30. The van der Waals surface area contributed by atoms with Crippen LogP contribution in [0, 0.1) is 11.8 Å². The number of hydrogen-bond donors (Lipinski definition) is 1. The van der Waals surface area contributed by atoms with Gasteiger partial charge in [0.15, 0.2) is 0 Å². The number of carbonyl (C=O) groups is 1. The second kappa shape index (κ2) is 6.02. The molecule has 0 radical (unpaired) electrons. The van der Waals surface area contributed by atoms with Crippen LogP contribution in [-0.4, -0.2) is 54.5 Å². The first-order valence-electron chi connectivity index (χ1n) is 7.32. The van der Waals surface area contributed by atoms with E-state index in [0.29, 0.717) is 36.8 Å². The van der Waals surface area contributed by atoms with Crippen LogP contribution in [0.15, 0.2) is 0 Å². The van der Waals surface area contributed by atoms with Crippen LogP contribution in [0.25, 0.3) is 0 Å². The molecule has 2 aliphatic rings. The van der Waals surface area contributed by atoms with Crippen LogP contribution < -0.4 is 5.73 Å². The largest absolute Gasteiger partial charge is 0.338 e. The Morgan fingerprint density at radius 1 is 1.39 bits per heavy atom. The molecular weight excluding hydrogens is 226 g/mol. The van der Waals surface area contributed by atoms with Crippen LogP contribution in [0.2, 0.25) is 0 Å². The van der Waals surface area contributed by atoms with Crippen molar-refractivity contribution in [3.8, 4) is 0 Å². The number of rotatable bonds is 4. The molecule has 2 saturated heterocycles. The zero-order valence-corrected chi connectivity index (χ0v) is 11.8. The van der Waals surface area contributed by atoms with Gasteiger partial charge in [-0.25, -0.2) is 0 Å². The summed E-state index contributed by atoms with van der Waals surface area (Å²) in [5, 5.41) is 0. The molecule has 0 aromatic rings. The SMILES string of the molecule is CC(C)CN1CCCC(N2CC(CN)CC2=O)C1. The molecule has 2 rings (SSSR count). The van der Waals surface area contributed by atoms with Gasteiger partial charge in [0.1, 0.15) is 0 Å². The summed E-state index contributed by atoms with van der Waals surface area (Å²) in [5.41, 5.74) is 5.69. The van der Waals surface area contributed by atoms with Crippen LogP contribution >= 0.6 is 0 Å². The minimum atomic E-state index is 0.321. The van der Waals surface area contributed by atoms with E-state index >= 15 is 0 Å². The van der Waals surface area contributed by atoms with Gasteiger partial charge >= 0.3 is 0 Å². The Morgan fingerprint density at radius 3 is 2.78 bits per heavy atom. The smallest absolute Gasteiger partial charge is 0.223 e. The third kappa shape index (κ3) is 3.23. The van der Waals surface area contributed by atoms with E-state index in [1.54, 1.807) is 0 Å². The molecule has 0 aromatic carbocycles. The van der Waals surface area contributed by atoms with Crippen LogP contribution in [-0.2, 0) is 4.79 Å². The summed E-state index contributed by atoms with van der Waals surface area (Å²) in [6.07, 6.45) is 3.04. The first kappa shape index (κ1) is 13.8. The third-order valence-corrected chi connectivity index (χ3v) is 4.12. The van der Waals surface area contributed by atoms with Crippen molar-refractivity contribution in [3.05, 3.63) is 0 Å². The maximum atomic E-state index is 12.0. The van der Waals surface area contributed by atoms with Crippen molar-refractivity contribution in [2.75, 3.05) is 32.7 Å². The number of piperidine rings is 1. The molecule has 1 amide bonds. The standard InChI is InChI=1S/C14H27N3O/c1-11(2)8-16-5-3-4-13(10-16)17-9-12(7-15)6-14(17)18/h11-13H,3-10,15H2,1-2H3. The number of amides is 1. The fraction of sp³-hybridized carbons (Fsp3) is 0.929. The van der Waals surface area contributed by atoms with Crippen molar-refractivity contribution in [2.24, 2.45) is 17.6 Å². The summed E-state index contributed by atoms with van der Waals surface area (Å²) in [4.78, 5) is 16.6. The first-order valence-corrected chi connectivity index (χ1v) is 7.32. The lowest BCUT2D eigenvalue weighted by atomic mass is 10.0. The molecule has 2 heterocycles. The van der Waals surface area contributed by atoms with E-state index in [1.807, 2.05) is 0 Å². The Kier molecular flexibility index (Phi) is 4.62. The molecule has 4 nitrogen and oxygen atoms in total. The van der Waals surface area contributed by atoms with Crippen LogP contribution in [0.5, 0.6) is 0 Å². The average Bonchev–Trinajstić information content (AvgIpc) is 2.70. The van der Waals surface area contributed by atoms with E-state index in [0.717, 1.165) is 26.1 Å². The van der Waals surface area contributed by atoms with Crippen LogP contribution in [0.1, 0.15) is 33.1 Å². The maximum Gasteiger partial charge on any atom is 0.223 e. The van der Waals surface area contributed by atoms with Gasteiger partial charge < -0.3 is 15.5 Å². The lowest BCUT2D eigenvalue weighted by Gasteiger charge is -2.38. The zero-order chi connectivity index (χ0) is 13.1. The van der Waals surface area contributed by atoms with E-state index in [2.05, 4.69) is 23.6 Å². The Hall–Kier alpha value is -0.610. The molecule has 2 atom stereocenters. The number of hydrogen-bond acceptors (Lipinski definition) is 3. The Morgan fingerprint density at radius 2 is 2.17 bits per heavy atom. The zero-order valence-electron chi connectivity index (χ0n) is 11.8.